The van der Waals surface area contributed by atoms with Gasteiger partial charge in [0.2, 0.25) is 0 Å². The second-order valence-corrected chi connectivity index (χ2v) is 5.14. The average Bonchev–Trinajstić information content (AvgIpc) is 2.84. The molecule has 5 heteroatoms. The summed E-state index contributed by atoms with van der Waals surface area (Å²) in [6.07, 6.45) is 2.58. The van der Waals surface area contributed by atoms with E-state index >= 15 is 0 Å². The molecule has 96 valence electrons. The normalized spacial score (nSPS) is 14.5. The highest BCUT2D eigenvalue weighted by Crippen LogP contribution is 2.30. The lowest BCUT2D eigenvalue weighted by atomic mass is 9.90. The van der Waals surface area contributed by atoms with Gasteiger partial charge >= 0.3 is 0 Å². The minimum atomic E-state index is -1.39. The molecule has 1 heterocycles. The molecule has 0 saturated heterocycles. The van der Waals surface area contributed by atoms with Gasteiger partial charge in [0.15, 0.2) is 0 Å². The molecule has 1 unspecified atom stereocenters. The van der Waals surface area contributed by atoms with Crippen LogP contribution in [-0.4, -0.2) is 5.11 Å². The third-order valence-corrected chi connectivity index (χ3v) is 3.42. The number of hydrogen-bond acceptors (Lipinski definition) is 2. The van der Waals surface area contributed by atoms with Crippen molar-refractivity contribution in [3.05, 3.63) is 58.0 Å². The summed E-state index contributed by atoms with van der Waals surface area (Å²) in [5.41, 5.74) is -1.08. The highest BCUT2D eigenvalue weighted by atomic mass is 79.9. The van der Waals surface area contributed by atoms with Crippen LogP contribution in [0.2, 0.25) is 0 Å². The molecule has 0 aliphatic carbocycles. The number of aliphatic hydroxyl groups is 1. The van der Waals surface area contributed by atoms with Crippen LogP contribution in [0.1, 0.15) is 18.1 Å². The van der Waals surface area contributed by atoms with Crippen LogP contribution in [0.15, 0.2) is 39.6 Å². The van der Waals surface area contributed by atoms with E-state index in [4.69, 9.17) is 4.42 Å². The van der Waals surface area contributed by atoms with E-state index in [0.29, 0.717) is 5.56 Å². The predicted octanol–water partition coefficient (Wildman–Crippen LogP) is 3.77. The van der Waals surface area contributed by atoms with Gasteiger partial charge in [0.25, 0.3) is 0 Å². The number of halogens is 3. The maximum atomic E-state index is 13.8. The number of benzene rings is 1. The Morgan fingerprint density at radius 2 is 2.06 bits per heavy atom. The number of rotatable bonds is 3. The molecule has 1 aromatic heterocycles. The van der Waals surface area contributed by atoms with Crippen LogP contribution in [0.5, 0.6) is 0 Å². The van der Waals surface area contributed by atoms with Crippen molar-refractivity contribution in [2.45, 2.75) is 18.9 Å². The lowest BCUT2D eigenvalue weighted by molar-refractivity contribution is 0.0550. The Bertz CT molecular complexity index is 550. The van der Waals surface area contributed by atoms with Crippen molar-refractivity contribution in [2.75, 3.05) is 0 Å². The topological polar surface area (TPSA) is 33.4 Å². The molecule has 0 aliphatic rings. The van der Waals surface area contributed by atoms with Crippen molar-refractivity contribution in [1.82, 2.24) is 0 Å². The van der Waals surface area contributed by atoms with Crippen molar-refractivity contribution >= 4 is 15.9 Å². The SMILES string of the molecule is CC(O)(Cc1c(F)ccc(Br)c1F)c1ccoc1. The minimum Gasteiger partial charge on any atom is -0.472 e. The molecule has 0 aliphatic heterocycles. The highest BCUT2D eigenvalue weighted by molar-refractivity contribution is 9.10. The number of hydrogen-bond donors (Lipinski definition) is 1. The summed E-state index contributed by atoms with van der Waals surface area (Å²) >= 11 is 2.99. The van der Waals surface area contributed by atoms with Gasteiger partial charge in [-0.15, -0.1) is 0 Å². The Morgan fingerprint density at radius 3 is 2.67 bits per heavy atom. The fourth-order valence-corrected chi connectivity index (χ4v) is 2.12. The molecule has 0 fully saturated rings. The summed E-state index contributed by atoms with van der Waals surface area (Å²) in [4.78, 5) is 0. The largest absolute Gasteiger partial charge is 0.472 e. The molecule has 2 rings (SSSR count). The Balaban J connectivity index is 2.38. The van der Waals surface area contributed by atoms with Crippen LogP contribution in [0, 0.1) is 11.6 Å². The van der Waals surface area contributed by atoms with Gasteiger partial charge < -0.3 is 9.52 Å². The Kier molecular flexibility index (Phi) is 3.54. The van der Waals surface area contributed by atoms with Crippen LogP contribution >= 0.6 is 15.9 Å². The molecule has 18 heavy (non-hydrogen) atoms. The van der Waals surface area contributed by atoms with Gasteiger partial charge in [-0.25, -0.2) is 8.78 Å². The molecule has 2 aromatic rings. The van der Waals surface area contributed by atoms with E-state index in [1.165, 1.54) is 25.5 Å². The molecule has 2 nitrogen and oxygen atoms in total. The molecule has 0 amide bonds. The van der Waals surface area contributed by atoms with E-state index in [2.05, 4.69) is 15.9 Å². The maximum Gasteiger partial charge on any atom is 0.143 e. The monoisotopic (exact) mass is 316 g/mol. The molecule has 1 N–H and O–H groups in total. The van der Waals surface area contributed by atoms with Crippen molar-refractivity contribution in [1.29, 1.82) is 0 Å². The van der Waals surface area contributed by atoms with Gasteiger partial charge in [0.05, 0.1) is 22.6 Å². The van der Waals surface area contributed by atoms with E-state index in [1.54, 1.807) is 6.07 Å². The first-order valence-corrected chi connectivity index (χ1v) is 6.08. The van der Waals surface area contributed by atoms with E-state index in [1.807, 2.05) is 0 Å². The summed E-state index contributed by atoms with van der Waals surface area (Å²) in [6, 6.07) is 4.02. The summed E-state index contributed by atoms with van der Waals surface area (Å²) in [7, 11) is 0. The molecule has 0 bridgehead atoms. The van der Waals surface area contributed by atoms with Crippen molar-refractivity contribution in [2.24, 2.45) is 0 Å². The lowest BCUT2D eigenvalue weighted by Gasteiger charge is -2.22. The Labute approximate surface area is 111 Å². The summed E-state index contributed by atoms with van der Waals surface area (Å²) in [5, 5.41) is 10.3. The first kappa shape index (κ1) is 13.2. The molecular weight excluding hydrogens is 306 g/mol. The average molecular weight is 317 g/mol. The fraction of sp³-hybridized carbons (Fsp3) is 0.231. The first-order valence-electron chi connectivity index (χ1n) is 5.29. The zero-order valence-corrected chi connectivity index (χ0v) is 11.2. The first-order chi connectivity index (χ1) is 8.42. The Hall–Kier alpha value is -1.20. The molecule has 1 aromatic carbocycles. The van der Waals surface area contributed by atoms with Crippen LogP contribution in [0.25, 0.3) is 0 Å². The van der Waals surface area contributed by atoms with Crippen molar-refractivity contribution in [3.63, 3.8) is 0 Å². The zero-order chi connectivity index (χ0) is 13.3. The smallest absolute Gasteiger partial charge is 0.143 e. The van der Waals surface area contributed by atoms with Crippen LogP contribution in [-0.2, 0) is 12.0 Å². The maximum absolute atomic E-state index is 13.8. The van der Waals surface area contributed by atoms with Crippen molar-refractivity contribution in [3.8, 4) is 0 Å². The number of furan rings is 1. The second-order valence-electron chi connectivity index (χ2n) is 4.28. The molecule has 0 radical (unpaired) electrons. The third kappa shape index (κ3) is 2.47. The molecular formula is C13H11BrF2O2. The van der Waals surface area contributed by atoms with Crippen LogP contribution in [0.3, 0.4) is 0 Å². The van der Waals surface area contributed by atoms with E-state index < -0.39 is 17.2 Å². The summed E-state index contributed by atoms with van der Waals surface area (Å²) < 4.78 is 32.5. The van der Waals surface area contributed by atoms with Gasteiger partial charge in [-0.3, -0.25) is 0 Å². The van der Waals surface area contributed by atoms with Crippen LogP contribution in [0.4, 0.5) is 8.78 Å². The van der Waals surface area contributed by atoms with Crippen LogP contribution < -0.4 is 0 Å². The second kappa shape index (κ2) is 4.82. The van der Waals surface area contributed by atoms with E-state index in [9.17, 15) is 13.9 Å². The molecule has 0 saturated carbocycles. The van der Waals surface area contributed by atoms with Gasteiger partial charge in [0.1, 0.15) is 11.6 Å². The predicted molar refractivity (Wildman–Crippen MR) is 66.0 cm³/mol. The zero-order valence-electron chi connectivity index (χ0n) is 9.58. The van der Waals surface area contributed by atoms with E-state index in [-0.39, 0.29) is 16.5 Å². The Morgan fingerprint density at radius 1 is 1.33 bits per heavy atom. The quantitative estimate of drug-likeness (QED) is 0.874. The fourth-order valence-electron chi connectivity index (χ4n) is 1.75. The van der Waals surface area contributed by atoms with Gasteiger partial charge in [-0.2, -0.15) is 0 Å². The van der Waals surface area contributed by atoms with E-state index in [0.717, 1.165) is 6.07 Å². The summed E-state index contributed by atoms with van der Waals surface area (Å²) in [6.45, 7) is 1.48. The minimum absolute atomic E-state index is 0.157. The lowest BCUT2D eigenvalue weighted by Crippen LogP contribution is -2.25. The molecule has 0 spiro atoms. The van der Waals surface area contributed by atoms with Gasteiger partial charge in [-0.1, -0.05) is 0 Å². The standard InChI is InChI=1S/C13H11BrF2O2/c1-13(17,8-4-5-18-7-8)6-9-11(15)3-2-10(14)12(9)16/h2-5,7,17H,6H2,1H3. The highest BCUT2D eigenvalue weighted by Gasteiger charge is 2.28. The molecule has 1 atom stereocenters. The third-order valence-electron chi connectivity index (χ3n) is 2.80. The van der Waals surface area contributed by atoms with Crippen molar-refractivity contribution < 1.29 is 18.3 Å². The van der Waals surface area contributed by atoms with Gasteiger partial charge in [0, 0.05) is 17.5 Å². The van der Waals surface area contributed by atoms with Gasteiger partial charge in [-0.05, 0) is 41.1 Å². The summed E-state index contributed by atoms with van der Waals surface area (Å²) in [5.74, 6) is -1.38.